The minimum absolute atomic E-state index is 0.0417. The van der Waals surface area contributed by atoms with Crippen LogP contribution >= 0.6 is 0 Å². The summed E-state index contributed by atoms with van der Waals surface area (Å²) in [5.41, 5.74) is 4.46. The molecule has 0 bridgehead atoms. The van der Waals surface area contributed by atoms with Gasteiger partial charge in [0.05, 0.1) is 18.6 Å². The van der Waals surface area contributed by atoms with Crippen LogP contribution in [0, 0.1) is 30.9 Å². The molecule has 2 aromatic carbocycles. The van der Waals surface area contributed by atoms with Crippen LogP contribution in [0.4, 0.5) is 5.69 Å². The maximum absolute atomic E-state index is 12.9. The highest BCUT2D eigenvalue weighted by molar-refractivity contribution is 5.94. The van der Waals surface area contributed by atoms with Crippen molar-refractivity contribution < 1.29 is 14.5 Å². The molecule has 0 aliphatic rings. The Kier molecular flexibility index (Phi) is 6.39. The van der Waals surface area contributed by atoms with Crippen LogP contribution in [0.5, 0.6) is 5.75 Å². The summed E-state index contributed by atoms with van der Waals surface area (Å²) < 4.78 is 7.02. The molecule has 3 rings (SSSR count). The SMILES string of the molecule is COc1ccc(C)cc1CN(C)C(=O)c1ccc(Cn2nc(C)c([N+](=O)[O-])c2C)cc1. The normalized spacial score (nSPS) is 10.7. The van der Waals surface area contributed by atoms with E-state index in [9.17, 15) is 14.9 Å². The fraction of sp³-hybridized carbons (Fsp3) is 0.304. The molecule has 0 atom stereocenters. The van der Waals surface area contributed by atoms with Gasteiger partial charge in [0.25, 0.3) is 5.91 Å². The molecule has 1 heterocycles. The molecule has 0 fully saturated rings. The number of nitro groups is 1. The molecule has 0 saturated heterocycles. The van der Waals surface area contributed by atoms with E-state index < -0.39 is 4.92 Å². The number of nitrogens with zero attached hydrogens (tertiary/aromatic N) is 4. The Morgan fingerprint density at radius 1 is 1.16 bits per heavy atom. The number of aromatic nitrogens is 2. The van der Waals surface area contributed by atoms with Crippen molar-refractivity contribution in [2.24, 2.45) is 0 Å². The quantitative estimate of drug-likeness (QED) is 0.423. The average Bonchev–Trinajstić information content (AvgIpc) is 3.01. The molecule has 31 heavy (non-hydrogen) atoms. The summed E-state index contributed by atoms with van der Waals surface area (Å²) in [6.45, 7) is 6.14. The summed E-state index contributed by atoms with van der Waals surface area (Å²) in [6, 6.07) is 13.1. The van der Waals surface area contributed by atoms with Gasteiger partial charge < -0.3 is 9.64 Å². The van der Waals surface area contributed by atoms with Crippen LogP contribution in [-0.4, -0.2) is 39.7 Å². The first-order valence-corrected chi connectivity index (χ1v) is 9.87. The third-order valence-corrected chi connectivity index (χ3v) is 5.25. The Morgan fingerprint density at radius 2 is 1.84 bits per heavy atom. The highest BCUT2D eigenvalue weighted by Crippen LogP contribution is 2.23. The summed E-state index contributed by atoms with van der Waals surface area (Å²) in [5, 5.41) is 15.5. The second kappa shape index (κ2) is 8.99. The van der Waals surface area contributed by atoms with Gasteiger partial charge in [-0.2, -0.15) is 5.10 Å². The third kappa shape index (κ3) is 4.74. The fourth-order valence-corrected chi connectivity index (χ4v) is 3.61. The second-order valence-electron chi connectivity index (χ2n) is 7.61. The van der Waals surface area contributed by atoms with Crippen LogP contribution in [0.1, 0.15) is 38.4 Å². The van der Waals surface area contributed by atoms with Gasteiger partial charge in [0.2, 0.25) is 0 Å². The van der Waals surface area contributed by atoms with Crippen molar-refractivity contribution in [2.75, 3.05) is 14.2 Å². The van der Waals surface area contributed by atoms with Gasteiger partial charge in [0.15, 0.2) is 0 Å². The molecule has 162 valence electrons. The molecule has 8 heteroatoms. The Labute approximate surface area is 181 Å². The van der Waals surface area contributed by atoms with Crippen molar-refractivity contribution in [1.82, 2.24) is 14.7 Å². The number of carbonyl (C=O) groups is 1. The van der Waals surface area contributed by atoms with Gasteiger partial charge in [-0.15, -0.1) is 0 Å². The first-order valence-electron chi connectivity index (χ1n) is 9.87. The van der Waals surface area contributed by atoms with E-state index >= 15 is 0 Å². The maximum Gasteiger partial charge on any atom is 0.312 e. The van der Waals surface area contributed by atoms with E-state index in [2.05, 4.69) is 5.10 Å². The number of hydrogen-bond acceptors (Lipinski definition) is 5. The molecule has 0 radical (unpaired) electrons. The lowest BCUT2D eigenvalue weighted by Crippen LogP contribution is -2.26. The molecule has 0 saturated carbocycles. The van der Waals surface area contributed by atoms with Crippen LogP contribution in [0.25, 0.3) is 0 Å². The van der Waals surface area contributed by atoms with Crippen molar-refractivity contribution in [2.45, 2.75) is 33.9 Å². The van der Waals surface area contributed by atoms with Gasteiger partial charge in [-0.3, -0.25) is 19.6 Å². The van der Waals surface area contributed by atoms with E-state index in [1.807, 2.05) is 37.3 Å². The lowest BCUT2D eigenvalue weighted by Gasteiger charge is -2.19. The Morgan fingerprint density at radius 3 is 2.42 bits per heavy atom. The number of methoxy groups -OCH3 is 1. The topological polar surface area (TPSA) is 90.5 Å². The van der Waals surface area contributed by atoms with Crippen molar-refractivity contribution in [3.63, 3.8) is 0 Å². The van der Waals surface area contributed by atoms with E-state index in [0.29, 0.717) is 30.0 Å². The summed E-state index contributed by atoms with van der Waals surface area (Å²) >= 11 is 0. The number of amides is 1. The van der Waals surface area contributed by atoms with Crippen molar-refractivity contribution in [3.8, 4) is 5.75 Å². The first-order chi connectivity index (χ1) is 14.7. The highest BCUT2D eigenvalue weighted by atomic mass is 16.6. The number of benzene rings is 2. The van der Waals surface area contributed by atoms with Crippen LogP contribution in [0.3, 0.4) is 0 Å². The predicted molar refractivity (Wildman–Crippen MR) is 117 cm³/mol. The van der Waals surface area contributed by atoms with E-state index in [-0.39, 0.29) is 11.6 Å². The predicted octanol–water partition coefficient (Wildman–Crippen LogP) is 4.05. The van der Waals surface area contributed by atoms with Crippen LogP contribution < -0.4 is 4.74 Å². The van der Waals surface area contributed by atoms with Crippen molar-refractivity contribution >= 4 is 11.6 Å². The van der Waals surface area contributed by atoms with Crippen molar-refractivity contribution in [1.29, 1.82) is 0 Å². The molecule has 3 aromatic rings. The third-order valence-electron chi connectivity index (χ3n) is 5.25. The Balaban J connectivity index is 1.73. The average molecular weight is 422 g/mol. The van der Waals surface area contributed by atoms with Crippen LogP contribution in [0.15, 0.2) is 42.5 Å². The smallest absolute Gasteiger partial charge is 0.312 e. The molecular formula is C23H26N4O4. The van der Waals surface area contributed by atoms with Crippen molar-refractivity contribution in [3.05, 3.63) is 86.2 Å². The summed E-state index contributed by atoms with van der Waals surface area (Å²) in [6.07, 6.45) is 0. The van der Waals surface area contributed by atoms with Gasteiger partial charge in [-0.05, 0) is 44.5 Å². The first kappa shape index (κ1) is 22.0. The Bertz CT molecular complexity index is 1120. The largest absolute Gasteiger partial charge is 0.496 e. The molecule has 0 aliphatic carbocycles. The monoisotopic (exact) mass is 422 g/mol. The number of carbonyl (C=O) groups excluding carboxylic acids is 1. The lowest BCUT2D eigenvalue weighted by molar-refractivity contribution is -0.386. The minimum atomic E-state index is -0.408. The van der Waals surface area contributed by atoms with Crippen LogP contribution in [-0.2, 0) is 13.1 Å². The molecule has 0 spiro atoms. The number of hydrogen-bond donors (Lipinski definition) is 0. The molecule has 0 aliphatic heterocycles. The van der Waals surface area contributed by atoms with Gasteiger partial charge in [0, 0.05) is 24.7 Å². The van der Waals surface area contributed by atoms with E-state index in [4.69, 9.17) is 4.74 Å². The molecule has 0 N–H and O–H groups in total. The maximum atomic E-state index is 12.9. The van der Waals surface area contributed by atoms with Gasteiger partial charge >= 0.3 is 5.69 Å². The van der Waals surface area contributed by atoms with E-state index in [1.54, 1.807) is 49.7 Å². The molecule has 8 nitrogen and oxygen atoms in total. The zero-order valence-electron chi connectivity index (χ0n) is 18.4. The highest BCUT2D eigenvalue weighted by Gasteiger charge is 2.22. The fourth-order valence-electron chi connectivity index (χ4n) is 3.61. The minimum Gasteiger partial charge on any atom is -0.496 e. The molecule has 0 unspecified atom stereocenters. The molecule has 1 amide bonds. The van der Waals surface area contributed by atoms with Gasteiger partial charge in [-0.1, -0.05) is 29.8 Å². The zero-order valence-corrected chi connectivity index (χ0v) is 18.4. The van der Waals surface area contributed by atoms with Gasteiger partial charge in [-0.25, -0.2) is 0 Å². The summed E-state index contributed by atoms with van der Waals surface area (Å²) in [4.78, 5) is 25.3. The van der Waals surface area contributed by atoms with Crippen LogP contribution in [0.2, 0.25) is 0 Å². The summed E-state index contributed by atoms with van der Waals surface area (Å²) in [5.74, 6) is 0.649. The number of rotatable bonds is 7. The lowest BCUT2D eigenvalue weighted by atomic mass is 10.1. The van der Waals surface area contributed by atoms with E-state index in [0.717, 1.165) is 22.4 Å². The number of ether oxygens (including phenoxy) is 1. The molecule has 1 aromatic heterocycles. The van der Waals surface area contributed by atoms with Gasteiger partial charge in [0.1, 0.15) is 17.1 Å². The summed E-state index contributed by atoms with van der Waals surface area (Å²) in [7, 11) is 3.37. The van der Waals surface area contributed by atoms with E-state index in [1.165, 1.54) is 0 Å². The zero-order chi connectivity index (χ0) is 22.7. The molecular weight excluding hydrogens is 396 g/mol. The number of aryl methyl sites for hydroxylation is 2. The second-order valence-corrected chi connectivity index (χ2v) is 7.61. The Hall–Kier alpha value is -3.68. The standard InChI is InChI=1S/C23H26N4O4/c1-15-6-11-21(31-5)20(12-15)14-25(4)23(28)19-9-7-18(8-10-19)13-26-17(3)22(27(29)30)16(2)24-26/h6-12H,13-14H2,1-5H3.